The van der Waals surface area contributed by atoms with Crippen molar-refractivity contribution < 1.29 is 14.3 Å². The summed E-state index contributed by atoms with van der Waals surface area (Å²) in [5, 5.41) is 0. The lowest BCUT2D eigenvalue weighted by Gasteiger charge is -2.28. The number of likely N-dealkylation sites (tertiary alicyclic amines) is 1. The van der Waals surface area contributed by atoms with Crippen molar-refractivity contribution >= 4 is 11.9 Å². The van der Waals surface area contributed by atoms with Crippen LogP contribution in [-0.4, -0.2) is 36.0 Å². The molecule has 1 saturated carbocycles. The van der Waals surface area contributed by atoms with Gasteiger partial charge >= 0.3 is 5.97 Å². The molecule has 19 heavy (non-hydrogen) atoms. The molecule has 1 heterocycles. The monoisotopic (exact) mass is 263 g/mol. The van der Waals surface area contributed by atoms with Gasteiger partial charge in [-0.1, -0.05) is 12.2 Å². The fourth-order valence-corrected chi connectivity index (χ4v) is 3.79. The van der Waals surface area contributed by atoms with E-state index in [1.54, 1.807) is 11.8 Å². The molecule has 0 aromatic carbocycles. The molecule has 2 fully saturated rings. The number of fused-ring (bicyclic) bond motifs is 2. The van der Waals surface area contributed by atoms with Gasteiger partial charge in [-0.05, 0) is 44.4 Å². The summed E-state index contributed by atoms with van der Waals surface area (Å²) < 4.78 is 5.08. The molecule has 0 aromatic heterocycles. The lowest BCUT2D eigenvalue weighted by atomic mass is 9.92. The Morgan fingerprint density at radius 3 is 2.79 bits per heavy atom. The molecular weight excluding hydrogens is 242 g/mol. The molecule has 104 valence electrons. The second-order valence-electron chi connectivity index (χ2n) is 5.83. The predicted molar refractivity (Wildman–Crippen MR) is 70.2 cm³/mol. The minimum absolute atomic E-state index is 0.102. The van der Waals surface area contributed by atoms with Crippen molar-refractivity contribution in [3.63, 3.8) is 0 Å². The average Bonchev–Trinajstić information content (AvgIpc) is 3.13. The number of rotatable bonds is 3. The van der Waals surface area contributed by atoms with Gasteiger partial charge in [-0.25, -0.2) is 4.79 Å². The van der Waals surface area contributed by atoms with Gasteiger partial charge in [0.25, 0.3) is 0 Å². The fourth-order valence-electron chi connectivity index (χ4n) is 3.79. The third-order valence-electron chi connectivity index (χ3n) is 4.69. The molecule has 1 amide bonds. The standard InChI is InChI=1S/C15H21NO3/c1-2-19-15(18)13-4-3-7-16(13)14(17)12-9-10-5-6-11(12)8-10/h5-6,10-13H,2-4,7-9H2,1H3. The van der Waals surface area contributed by atoms with E-state index in [0.717, 1.165) is 25.7 Å². The van der Waals surface area contributed by atoms with Crippen LogP contribution in [0, 0.1) is 17.8 Å². The van der Waals surface area contributed by atoms with Gasteiger partial charge in [-0.3, -0.25) is 4.79 Å². The van der Waals surface area contributed by atoms with Crippen LogP contribution in [0.3, 0.4) is 0 Å². The Labute approximate surface area is 113 Å². The van der Waals surface area contributed by atoms with Gasteiger partial charge in [-0.2, -0.15) is 0 Å². The molecule has 1 aliphatic heterocycles. The number of carbonyl (C=O) groups excluding carboxylic acids is 2. The highest BCUT2D eigenvalue weighted by Gasteiger charge is 2.45. The SMILES string of the molecule is CCOC(=O)C1CCCN1C(=O)C1CC2C=CC1C2. The van der Waals surface area contributed by atoms with E-state index in [2.05, 4.69) is 12.2 Å². The van der Waals surface area contributed by atoms with E-state index in [-0.39, 0.29) is 23.8 Å². The van der Waals surface area contributed by atoms with Crippen molar-refractivity contribution in [1.82, 2.24) is 4.90 Å². The highest BCUT2D eigenvalue weighted by Crippen LogP contribution is 2.44. The number of hydrogen-bond donors (Lipinski definition) is 0. The Bertz CT molecular complexity index is 418. The smallest absolute Gasteiger partial charge is 0.328 e. The second-order valence-corrected chi connectivity index (χ2v) is 5.83. The summed E-state index contributed by atoms with van der Waals surface area (Å²) >= 11 is 0. The molecule has 0 spiro atoms. The third-order valence-corrected chi connectivity index (χ3v) is 4.69. The molecule has 1 saturated heterocycles. The summed E-state index contributed by atoms with van der Waals surface area (Å²) in [5.74, 6) is 1.04. The van der Waals surface area contributed by atoms with E-state index in [0.29, 0.717) is 25.0 Å². The van der Waals surface area contributed by atoms with Crippen LogP contribution >= 0.6 is 0 Å². The molecule has 4 heteroatoms. The molecule has 2 bridgehead atoms. The summed E-state index contributed by atoms with van der Waals surface area (Å²) in [7, 11) is 0. The van der Waals surface area contributed by atoms with Crippen LogP contribution in [0.15, 0.2) is 12.2 Å². The summed E-state index contributed by atoms with van der Waals surface area (Å²) in [5.41, 5.74) is 0. The van der Waals surface area contributed by atoms with Crippen molar-refractivity contribution in [3.8, 4) is 0 Å². The minimum Gasteiger partial charge on any atom is -0.464 e. The van der Waals surface area contributed by atoms with E-state index in [9.17, 15) is 9.59 Å². The van der Waals surface area contributed by atoms with Gasteiger partial charge in [0.15, 0.2) is 0 Å². The lowest BCUT2D eigenvalue weighted by Crippen LogP contribution is -2.45. The summed E-state index contributed by atoms with van der Waals surface area (Å²) in [6.07, 6.45) is 8.17. The first kappa shape index (κ1) is 12.7. The number of nitrogens with zero attached hydrogens (tertiary/aromatic N) is 1. The van der Waals surface area contributed by atoms with E-state index in [1.807, 2.05) is 0 Å². The number of esters is 1. The molecule has 4 nitrogen and oxygen atoms in total. The molecule has 4 atom stereocenters. The molecule has 3 aliphatic rings. The van der Waals surface area contributed by atoms with Crippen LogP contribution in [0.4, 0.5) is 0 Å². The maximum absolute atomic E-state index is 12.6. The fraction of sp³-hybridized carbons (Fsp3) is 0.733. The van der Waals surface area contributed by atoms with Crippen molar-refractivity contribution in [2.24, 2.45) is 17.8 Å². The molecule has 0 radical (unpaired) electrons. The molecule has 3 rings (SSSR count). The maximum atomic E-state index is 12.6. The Hall–Kier alpha value is -1.32. The zero-order valence-electron chi connectivity index (χ0n) is 11.4. The Kier molecular flexibility index (Phi) is 3.33. The van der Waals surface area contributed by atoms with Gasteiger partial charge in [0, 0.05) is 12.5 Å². The van der Waals surface area contributed by atoms with Gasteiger partial charge < -0.3 is 9.64 Å². The second kappa shape index (κ2) is 4.99. The number of hydrogen-bond acceptors (Lipinski definition) is 3. The van der Waals surface area contributed by atoms with Crippen LogP contribution < -0.4 is 0 Å². The largest absolute Gasteiger partial charge is 0.464 e. The third kappa shape index (κ3) is 2.17. The number of allylic oxidation sites excluding steroid dienone is 2. The van der Waals surface area contributed by atoms with Gasteiger partial charge in [0.1, 0.15) is 6.04 Å². The molecule has 2 aliphatic carbocycles. The van der Waals surface area contributed by atoms with E-state index in [4.69, 9.17) is 4.74 Å². The first-order valence-corrected chi connectivity index (χ1v) is 7.36. The Morgan fingerprint density at radius 2 is 2.16 bits per heavy atom. The van der Waals surface area contributed by atoms with Gasteiger partial charge in [-0.15, -0.1) is 0 Å². The Morgan fingerprint density at radius 1 is 1.32 bits per heavy atom. The highest BCUT2D eigenvalue weighted by molar-refractivity contribution is 5.87. The molecule has 0 N–H and O–H groups in total. The van der Waals surface area contributed by atoms with Gasteiger partial charge in [0.05, 0.1) is 6.61 Å². The first-order valence-electron chi connectivity index (χ1n) is 7.36. The predicted octanol–water partition coefficient (Wildman–Crippen LogP) is 1.75. The number of amides is 1. The summed E-state index contributed by atoms with van der Waals surface area (Å²) in [4.78, 5) is 26.3. The maximum Gasteiger partial charge on any atom is 0.328 e. The van der Waals surface area contributed by atoms with Crippen molar-refractivity contribution in [1.29, 1.82) is 0 Å². The van der Waals surface area contributed by atoms with E-state index < -0.39 is 0 Å². The van der Waals surface area contributed by atoms with E-state index in [1.165, 1.54) is 0 Å². The number of ether oxygens (including phenoxy) is 1. The van der Waals surface area contributed by atoms with E-state index >= 15 is 0 Å². The first-order chi connectivity index (χ1) is 9.20. The van der Waals surface area contributed by atoms with Gasteiger partial charge in [0.2, 0.25) is 5.91 Å². The quantitative estimate of drug-likeness (QED) is 0.575. The zero-order valence-corrected chi connectivity index (χ0v) is 11.4. The van der Waals surface area contributed by atoms with Crippen LogP contribution in [0.1, 0.15) is 32.6 Å². The van der Waals surface area contributed by atoms with Crippen LogP contribution in [0.5, 0.6) is 0 Å². The Balaban J connectivity index is 1.69. The highest BCUT2D eigenvalue weighted by atomic mass is 16.5. The zero-order chi connectivity index (χ0) is 13.4. The normalized spacial score (nSPS) is 35.9. The molecular formula is C15H21NO3. The minimum atomic E-state index is -0.337. The number of carbonyl (C=O) groups is 2. The van der Waals surface area contributed by atoms with Crippen molar-refractivity contribution in [2.75, 3.05) is 13.2 Å². The molecule has 0 aromatic rings. The van der Waals surface area contributed by atoms with Crippen molar-refractivity contribution in [2.45, 2.75) is 38.6 Å². The molecule has 4 unspecified atom stereocenters. The topological polar surface area (TPSA) is 46.6 Å². The van der Waals surface area contributed by atoms with Crippen LogP contribution in [-0.2, 0) is 14.3 Å². The average molecular weight is 263 g/mol. The summed E-state index contributed by atoms with van der Waals surface area (Å²) in [6, 6.07) is -0.337. The van der Waals surface area contributed by atoms with Crippen LogP contribution in [0.2, 0.25) is 0 Å². The van der Waals surface area contributed by atoms with Crippen LogP contribution in [0.25, 0.3) is 0 Å². The lowest BCUT2D eigenvalue weighted by molar-refractivity contribution is -0.154. The van der Waals surface area contributed by atoms with Crippen molar-refractivity contribution in [3.05, 3.63) is 12.2 Å². The summed E-state index contributed by atoms with van der Waals surface area (Å²) in [6.45, 7) is 2.90.